The van der Waals surface area contributed by atoms with E-state index in [0.717, 1.165) is 24.8 Å². The van der Waals surface area contributed by atoms with Crippen molar-refractivity contribution < 1.29 is 28.7 Å². The third-order valence-electron chi connectivity index (χ3n) is 8.38. The summed E-state index contributed by atoms with van der Waals surface area (Å²) < 4.78 is 11.1. The first-order valence-corrected chi connectivity index (χ1v) is 18.0. The standard InChI is InChI=1S/C34H39N5O6S2/c40-29(37-17-19-44-20-18-37)8-4-5-9-30-39(34(43)45-22-24-6-2-1-3-7-24)28(23-47-30)32(42)38(33-35-16-21-46-33)27-14-10-25(11-15-27)31(41)36-26-12-13-26/h1-3,6-7,10-11,14-16,21,26,28,30H,4-5,8-9,12-13,17-20,22-23H2,(H,36,41). The summed E-state index contributed by atoms with van der Waals surface area (Å²) in [5.41, 5.74) is 1.92. The maximum atomic E-state index is 14.4. The molecule has 6 rings (SSSR count). The highest BCUT2D eigenvalue weighted by molar-refractivity contribution is 8.00. The number of amides is 4. The number of aromatic nitrogens is 1. The highest BCUT2D eigenvalue weighted by Crippen LogP contribution is 2.37. The molecule has 0 radical (unpaired) electrons. The van der Waals surface area contributed by atoms with Gasteiger partial charge in [0, 0.05) is 48.4 Å². The van der Waals surface area contributed by atoms with Crippen LogP contribution in [0.5, 0.6) is 0 Å². The number of thiazole rings is 1. The molecule has 1 N–H and O–H groups in total. The number of thioether (sulfide) groups is 1. The molecular formula is C34H39N5O6S2. The van der Waals surface area contributed by atoms with Crippen LogP contribution in [0, 0.1) is 0 Å². The van der Waals surface area contributed by atoms with Gasteiger partial charge in [-0.3, -0.25) is 24.2 Å². The van der Waals surface area contributed by atoms with Gasteiger partial charge in [-0.15, -0.1) is 23.1 Å². The number of unbranched alkanes of at least 4 members (excludes halogenated alkanes) is 1. The minimum atomic E-state index is -0.801. The Bertz CT molecular complexity index is 1510. The summed E-state index contributed by atoms with van der Waals surface area (Å²) in [7, 11) is 0. The number of benzene rings is 2. The van der Waals surface area contributed by atoms with Crippen molar-refractivity contribution in [3.63, 3.8) is 0 Å². The fourth-order valence-corrected chi connectivity index (χ4v) is 7.75. The molecule has 2 aliphatic heterocycles. The van der Waals surface area contributed by atoms with Crippen molar-refractivity contribution in [2.45, 2.75) is 62.6 Å². The molecule has 3 aromatic rings. The van der Waals surface area contributed by atoms with Crippen LogP contribution in [0.2, 0.25) is 0 Å². The Morgan fingerprint density at radius 1 is 1.00 bits per heavy atom. The van der Waals surface area contributed by atoms with Gasteiger partial charge in [-0.2, -0.15) is 0 Å². The van der Waals surface area contributed by atoms with E-state index >= 15 is 0 Å². The van der Waals surface area contributed by atoms with Gasteiger partial charge in [-0.05, 0) is 55.5 Å². The van der Waals surface area contributed by atoms with Crippen molar-refractivity contribution in [2.75, 3.05) is 37.0 Å². The molecular weight excluding hydrogens is 639 g/mol. The SMILES string of the molecule is O=C(NC1CC1)c1ccc(N(C(=O)C2CSC(CCCCC(=O)N3CCOCC3)N2C(=O)OCc2ccccc2)c2nccs2)cc1. The molecule has 13 heteroatoms. The Morgan fingerprint density at radius 2 is 1.77 bits per heavy atom. The molecule has 1 aromatic heterocycles. The van der Waals surface area contributed by atoms with Crippen LogP contribution in [-0.2, 0) is 25.7 Å². The van der Waals surface area contributed by atoms with Crippen molar-refractivity contribution in [3.05, 3.63) is 77.3 Å². The van der Waals surface area contributed by atoms with Crippen LogP contribution >= 0.6 is 23.1 Å². The van der Waals surface area contributed by atoms with Crippen molar-refractivity contribution in [2.24, 2.45) is 0 Å². The Morgan fingerprint density at radius 3 is 2.47 bits per heavy atom. The third kappa shape index (κ3) is 8.51. The second-order valence-electron chi connectivity index (χ2n) is 11.8. The van der Waals surface area contributed by atoms with Gasteiger partial charge in [0.1, 0.15) is 12.6 Å². The van der Waals surface area contributed by atoms with Crippen molar-refractivity contribution >= 4 is 57.7 Å². The number of rotatable bonds is 12. The fourth-order valence-electron chi connectivity index (χ4n) is 5.65. The zero-order chi connectivity index (χ0) is 32.6. The first-order valence-electron chi connectivity index (χ1n) is 16.1. The van der Waals surface area contributed by atoms with E-state index in [0.29, 0.717) is 67.7 Å². The molecule has 47 heavy (non-hydrogen) atoms. The summed E-state index contributed by atoms with van der Waals surface area (Å²) in [6, 6.07) is 15.8. The molecule has 2 saturated heterocycles. The van der Waals surface area contributed by atoms with Crippen molar-refractivity contribution in [1.82, 2.24) is 20.1 Å². The van der Waals surface area contributed by atoms with E-state index in [2.05, 4.69) is 10.3 Å². The highest BCUT2D eigenvalue weighted by Gasteiger charge is 2.45. The molecule has 3 fully saturated rings. The first-order chi connectivity index (χ1) is 23.0. The summed E-state index contributed by atoms with van der Waals surface area (Å²) >= 11 is 2.87. The number of carbonyl (C=O) groups excluding carboxylic acids is 4. The molecule has 11 nitrogen and oxygen atoms in total. The largest absolute Gasteiger partial charge is 0.445 e. The van der Waals surface area contributed by atoms with Gasteiger partial charge in [0.2, 0.25) is 5.91 Å². The molecule has 2 atom stereocenters. The molecule has 4 amide bonds. The third-order valence-corrected chi connectivity index (χ3v) is 10.5. The van der Waals surface area contributed by atoms with Crippen LogP contribution in [0.15, 0.2) is 66.2 Å². The van der Waals surface area contributed by atoms with Gasteiger partial charge >= 0.3 is 6.09 Å². The van der Waals surface area contributed by atoms with Gasteiger partial charge in [0.15, 0.2) is 5.13 Å². The van der Waals surface area contributed by atoms with Crippen LogP contribution in [0.3, 0.4) is 0 Å². The quantitative estimate of drug-likeness (QED) is 0.260. The summed E-state index contributed by atoms with van der Waals surface area (Å²) in [4.78, 5) is 62.8. The van der Waals surface area contributed by atoms with Crippen LogP contribution in [0.1, 0.15) is 54.4 Å². The van der Waals surface area contributed by atoms with Crippen LogP contribution in [0.4, 0.5) is 15.6 Å². The number of hydrogen-bond acceptors (Lipinski definition) is 9. The molecule has 2 aromatic carbocycles. The molecule has 1 saturated carbocycles. The van der Waals surface area contributed by atoms with Gasteiger partial charge < -0.3 is 19.7 Å². The van der Waals surface area contributed by atoms with Gasteiger partial charge in [0.25, 0.3) is 11.8 Å². The monoisotopic (exact) mass is 677 g/mol. The average molecular weight is 678 g/mol. The van der Waals surface area contributed by atoms with Crippen LogP contribution < -0.4 is 10.2 Å². The Labute approximate surface area is 282 Å². The molecule has 0 bridgehead atoms. The van der Waals surface area contributed by atoms with E-state index in [1.54, 1.807) is 52.5 Å². The van der Waals surface area contributed by atoms with Gasteiger partial charge in [-0.25, -0.2) is 9.78 Å². The van der Waals surface area contributed by atoms with E-state index in [1.807, 2.05) is 35.2 Å². The van der Waals surface area contributed by atoms with E-state index in [-0.39, 0.29) is 35.7 Å². The molecule has 2 unspecified atom stereocenters. The maximum absolute atomic E-state index is 14.4. The summed E-state index contributed by atoms with van der Waals surface area (Å²) in [5, 5.41) is 4.96. The molecule has 3 heterocycles. The van der Waals surface area contributed by atoms with Gasteiger partial charge in [-0.1, -0.05) is 36.8 Å². The molecule has 248 valence electrons. The second-order valence-corrected chi connectivity index (χ2v) is 13.9. The number of nitrogens with one attached hydrogen (secondary N) is 1. The fraction of sp³-hybridized carbons (Fsp3) is 0.441. The molecule has 3 aliphatic rings. The number of anilines is 2. The maximum Gasteiger partial charge on any atom is 0.411 e. The second kappa shape index (κ2) is 15.8. The number of morpholine rings is 1. The zero-order valence-corrected chi connectivity index (χ0v) is 27.8. The lowest BCUT2D eigenvalue weighted by atomic mass is 10.1. The van der Waals surface area contributed by atoms with Crippen molar-refractivity contribution in [1.29, 1.82) is 0 Å². The van der Waals surface area contributed by atoms with Crippen LogP contribution in [0.25, 0.3) is 0 Å². The van der Waals surface area contributed by atoms with E-state index in [9.17, 15) is 19.2 Å². The number of ether oxygens (including phenoxy) is 2. The minimum Gasteiger partial charge on any atom is -0.445 e. The van der Waals surface area contributed by atoms with E-state index < -0.39 is 12.1 Å². The first kappa shape index (κ1) is 33.0. The summed E-state index contributed by atoms with van der Waals surface area (Å²) in [6.07, 6.45) is 5.52. The highest BCUT2D eigenvalue weighted by atomic mass is 32.2. The van der Waals surface area contributed by atoms with E-state index in [4.69, 9.17) is 9.47 Å². The normalized spacial score (nSPS) is 19.3. The number of hydrogen-bond donors (Lipinski definition) is 1. The summed E-state index contributed by atoms with van der Waals surface area (Å²) in [6.45, 7) is 2.46. The van der Waals surface area contributed by atoms with Gasteiger partial charge in [0.05, 0.1) is 24.3 Å². The smallest absolute Gasteiger partial charge is 0.411 e. The Kier molecular flexibility index (Phi) is 11.1. The lowest BCUT2D eigenvalue weighted by Crippen LogP contribution is -2.50. The average Bonchev–Trinajstić information content (AvgIpc) is 3.56. The zero-order valence-electron chi connectivity index (χ0n) is 26.1. The Hall–Kier alpha value is -3.94. The lowest BCUT2D eigenvalue weighted by molar-refractivity contribution is -0.135. The minimum absolute atomic E-state index is 0.0864. The lowest BCUT2D eigenvalue weighted by Gasteiger charge is -2.31. The summed E-state index contributed by atoms with van der Waals surface area (Å²) in [5.74, 6) is 0.0691. The molecule has 0 spiro atoms. The number of nitrogens with zero attached hydrogens (tertiary/aromatic N) is 4. The number of carbonyl (C=O) groups is 4. The van der Waals surface area contributed by atoms with E-state index in [1.165, 1.54) is 16.2 Å². The van der Waals surface area contributed by atoms with Crippen LogP contribution in [-0.4, -0.2) is 88.1 Å². The van der Waals surface area contributed by atoms with Crippen molar-refractivity contribution in [3.8, 4) is 0 Å². The molecule has 1 aliphatic carbocycles. The predicted molar refractivity (Wildman–Crippen MR) is 181 cm³/mol. The predicted octanol–water partition coefficient (Wildman–Crippen LogP) is 5.20. The Balaban J connectivity index is 1.17. The topological polar surface area (TPSA) is 121 Å².